The normalized spacial score (nSPS) is 12.4. The van der Waals surface area contributed by atoms with Gasteiger partial charge in [0.1, 0.15) is 11.8 Å². The number of nitrogens with one attached hydrogen (secondary N) is 1. The van der Waals surface area contributed by atoms with Crippen molar-refractivity contribution in [3.05, 3.63) is 59.7 Å². The minimum absolute atomic E-state index is 0.0238. The topological polar surface area (TPSA) is 125 Å². The molecule has 0 spiro atoms. The van der Waals surface area contributed by atoms with E-state index in [1.807, 2.05) is 6.92 Å². The number of anilines is 1. The van der Waals surface area contributed by atoms with Crippen LogP contribution in [0.2, 0.25) is 0 Å². The number of carboxylic acids is 1. The maximum Gasteiger partial charge on any atom is 0.336 e. The molecular weight excluding hydrogens is 410 g/mol. The first-order valence-corrected chi connectivity index (χ1v) is 10.9. The predicted molar refractivity (Wildman–Crippen MR) is 114 cm³/mol. The van der Waals surface area contributed by atoms with E-state index in [4.69, 9.17) is 4.74 Å². The van der Waals surface area contributed by atoms with Crippen molar-refractivity contribution in [3.8, 4) is 5.75 Å². The molecule has 0 bridgehead atoms. The van der Waals surface area contributed by atoms with E-state index in [9.17, 15) is 23.1 Å². The molecule has 0 saturated carbocycles. The van der Waals surface area contributed by atoms with Crippen LogP contribution in [0.1, 0.15) is 29.8 Å². The molecule has 0 aliphatic rings. The van der Waals surface area contributed by atoms with Crippen LogP contribution in [0.15, 0.2) is 53.6 Å². The summed E-state index contributed by atoms with van der Waals surface area (Å²) >= 11 is 0. The summed E-state index contributed by atoms with van der Waals surface area (Å²) in [5.74, 6) is -1.23. The van der Waals surface area contributed by atoms with Gasteiger partial charge in [0.25, 0.3) is 5.91 Å². The number of benzene rings is 2. The number of rotatable bonds is 9. The molecule has 0 radical (unpaired) electrons. The average molecular weight is 433 g/mol. The van der Waals surface area contributed by atoms with Crippen molar-refractivity contribution < 1.29 is 27.9 Å². The van der Waals surface area contributed by atoms with Crippen LogP contribution in [0.4, 0.5) is 5.69 Å². The number of carbonyl (C=O) groups excluding carboxylic acids is 1. The van der Waals surface area contributed by atoms with Crippen LogP contribution in [-0.2, 0) is 14.8 Å². The number of nitrogens with zero attached hydrogens (tertiary/aromatic N) is 2. The molecule has 0 saturated heterocycles. The van der Waals surface area contributed by atoms with Gasteiger partial charge in [-0.2, -0.15) is 5.10 Å². The van der Waals surface area contributed by atoms with Gasteiger partial charge in [0.05, 0.1) is 30.3 Å². The number of ether oxygens (including phenoxy) is 1. The Hall–Kier alpha value is -3.40. The maximum absolute atomic E-state index is 12.5. The highest BCUT2D eigenvalue weighted by atomic mass is 32.2. The minimum Gasteiger partial charge on any atom is -0.494 e. The second-order valence-corrected chi connectivity index (χ2v) is 8.15. The first-order valence-electron chi connectivity index (χ1n) is 9.02. The van der Waals surface area contributed by atoms with Gasteiger partial charge >= 0.3 is 5.97 Å². The smallest absolute Gasteiger partial charge is 0.336 e. The number of amides is 1. The van der Waals surface area contributed by atoms with Crippen molar-refractivity contribution >= 4 is 33.8 Å². The van der Waals surface area contributed by atoms with Crippen LogP contribution < -0.4 is 14.5 Å². The van der Waals surface area contributed by atoms with Crippen LogP contribution in [0.5, 0.6) is 5.75 Å². The summed E-state index contributed by atoms with van der Waals surface area (Å²) in [6, 6.07) is 11.4. The highest BCUT2D eigenvalue weighted by Crippen LogP contribution is 2.24. The van der Waals surface area contributed by atoms with Crippen molar-refractivity contribution in [1.29, 1.82) is 0 Å². The van der Waals surface area contributed by atoms with Gasteiger partial charge in [0, 0.05) is 5.56 Å². The van der Waals surface area contributed by atoms with E-state index in [2.05, 4.69) is 10.5 Å². The first-order chi connectivity index (χ1) is 14.1. The van der Waals surface area contributed by atoms with Gasteiger partial charge in [-0.15, -0.1) is 0 Å². The summed E-state index contributed by atoms with van der Waals surface area (Å²) < 4.78 is 30.9. The molecular formula is C20H23N3O6S. The molecule has 30 heavy (non-hydrogen) atoms. The van der Waals surface area contributed by atoms with E-state index < -0.39 is 27.9 Å². The van der Waals surface area contributed by atoms with Crippen LogP contribution in [0, 0.1) is 0 Å². The molecule has 2 aromatic rings. The number of carboxylic acid groups (broad SMARTS) is 1. The standard InChI is InChI=1S/C20H23N3O6S/c1-4-29-17-11-9-16(10-12-17)23(30(3,27)28)14(2)19(24)22-21-13-15-7-5-6-8-18(15)20(25)26/h5-14H,4H2,1-3H3,(H,22,24)(H,25,26)/b21-13-/t14-/m1/s1. The van der Waals surface area contributed by atoms with E-state index in [0.717, 1.165) is 10.6 Å². The van der Waals surface area contributed by atoms with E-state index >= 15 is 0 Å². The maximum atomic E-state index is 12.5. The molecule has 2 aromatic carbocycles. The zero-order valence-electron chi connectivity index (χ0n) is 16.8. The van der Waals surface area contributed by atoms with Gasteiger partial charge in [0.2, 0.25) is 10.0 Å². The Kier molecular flexibility index (Phi) is 7.54. The fourth-order valence-electron chi connectivity index (χ4n) is 2.73. The lowest BCUT2D eigenvalue weighted by molar-refractivity contribution is -0.121. The summed E-state index contributed by atoms with van der Waals surface area (Å²) in [4.78, 5) is 23.7. The molecule has 0 unspecified atom stereocenters. The number of hydrazone groups is 1. The number of sulfonamides is 1. The molecule has 2 N–H and O–H groups in total. The van der Waals surface area contributed by atoms with Crippen LogP contribution in [0.3, 0.4) is 0 Å². The van der Waals surface area contributed by atoms with E-state index in [0.29, 0.717) is 23.6 Å². The Morgan fingerprint density at radius 1 is 1.20 bits per heavy atom. The second kappa shape index (κ2) is 9.88. The molecule has 9 nitrogen and oxygen atoms in total. The Balaban J connectivity index is 2.19. The third-order valence-corrected chi connectivity index (χ3v) is 5.30. The molecule has 2 rings (SSSR count). The van der Waals surface area contributed by atoms with E-state index in [-0.39, 0.29) is 5.56 Å². The molecule has 0 aromatic heterocycles. The van der Waals surface area contributed by atoms with E-state index in [1.165, 1.54) is 25.3 Å². The summed E-state index contributed by atoms with van der Waals surface area (Å²) in [6.45, 7) is 3.73. The quantitative estimate of drug-likeness (QED) is 0.461. The Morgan fingerprint density at radius 2 is 1.83 bits per heavy atom. The van der Waals surface area contributed by atoms with Gasteiger partial charge in [-0.05, 0) is 44.2 Å². The minimum atomic E-state index is -3.78. The van der Waals surface area contributed by atoms with Crippen molar-refractivity contribution in [3.63, 3.8) is 0 Å². The zero-order chi connectivity index (χ0) is 22.3. The highest BCUT2D eigenvalue weighted by Gasteiger charge is 2.29. The third kappa shape index (κ3) is 5.80. The number of hydrogen-bond donors (Lipinski definition) is 2. The Morgan fingerprint density at radius 3 is 2.40 bits per heavy atom. The van der Waals surface area contributed by atoms with Gasteiger partial charge in [-0.25, -0.2) is 18.6 Å². The lowest BCUT2D eigenvalue weighted by Crippen LogP contribution is -2.46. The van der Waals surface area contributed by atoms with Crippen molar-refractivity contribution in [2.24, 2.45) is 5.10 Å². The zero-order valence-corrected chi connectivity index (χ0v) is 17.6. The van der Waals surface area contributed by atoms with Gasteiger partial charge < -0.3 is 9.84 Å². The average Bonchev–Trinajstić information content (AvgIpc) is 2.68. The van der Waals surface area contributed by atoms with Crippen molar-refractivity contribution in [2.75, 3.05) is 17.2 Å². The van der Waals surface area contributed by atoms with Gasteiger partial charge in [0.15, 0.2) is 0 Å². The van der Waals surface area contributed by atoms with Crippen molar-refractivity contribution in [1.82, 2.24) is 5.43 Å². The van der Waals surface area contributed by atoms with Crippen LogP contribution in [0.25, 0.3) is 0 Å². The molecule has 10 heteroatoms. The van der Waals surface area contributed by atoms with Gasteiger partial charge in [-0.1, -0.05) is 18.2 Å². The summed E-state index contributed by atoms with van der Waals surface area (Å²) in [7, 11) is -3.78. The van der Waals surface area contributed by atoms with Crippen molar-refractivity contribution in [2.45, 2.75) is 19.9 Å². The fourth-order valence-corrected chi connectivity index (χ4v) is 3.90. The lowest BCUT2D eigenvalue weighted by atomic mass is 10.1. The molecule has 0 aliphatic carbocycles. The fraction of sp³-hybridized carbons (Fsp3) is 0.250. The lowest BCUT2D eigenvalue weighted by Gasteiger charge is -2.27. The summed E-state index contributed by atoms with van der Waals surface area (Å²) in [6.07, 6.45) is 2.19. The molecule has 0 aliphatic heterocycles. The number of hydrogen-bond acceptors (Lipinski definition) is 6. The summed E-state index contributed by atoms with van der Waals surface area (Å²) in [5.41, 5.74) is 2.87. The molecule has 160 valence electrons. The summed E-state index contributed by atoms with van der Waals surface area (Å²) in [5, 5.41) is 12.9. The molecule has 0 heterocycles. The molecule has 1 amide bonds. The number of carbonyl (C=O) groups is 2. The van der Waals surface area contributed by atoms with Crippen LogP contribution in [-0.4, -0.2) is 50.5 Å². The van der Waals surface area contributed by atoms with E-state index in [1.54, 1.807) is 36.4 Å². The molecule has 0 fully saturated rings. The predicted octanol–water partition coefficient (Wildman–Crippen LogP) is 2.09. The first kappa shape index (κ1) is 22.9. The number of aromatic carboxylic acids is 1. The highest BCUT2D eigenvalue weighted by molar-refractivity contribution is 7.92. The second-order valence-electron chi connectivity index (χ2n) is 6.29. The monoisotopic (exact) mass is 433 g/mol. The Labute approximate surface area is 175 Å². The Bertz CT molecular complexity index is 1030. The molecule has 1 atom stereocenters. The largest absolute Gasteiger partial charge is 0.494 e. The SMILES string of the molecule is CCOc1ccc(N([C@H](C)C(=O)N/N=C\c2ccccc2C(=O)O)S(C)(=O)=O)cc1. The van der Waals surface area contributed by atoms with Crippen LogP contribution >= 0.6 is 0 Å². The van der Waals surface area contributed by atoms with Gasteiger partial charge in [-0.3, -0.25) is 9.10 Å². The third-order valence-electron chi connectivity index (χ3n) is 4.06.